The fraction of sp³-hybridized carbons (Fsp3) is 0.667. The SMILES string of the molecule is C[C@H](NC(=O)[C@H](CCCN=C(N)N)NC(=O)[C@H](CCCCN)NC(=O)[C@H](CCCN=C(N)N)NC(=O)[C@H](CCCCN)NC(=O)[C@H](CCCN=C(N)N)NC(=O)[C@H](CCCCN)NC(=O)[C@H](CCCN=C(N)N)NC(=O)[C@H](CCCCN)NC(=O)[C@H](C)NC(=O)[C@@H](N)CCCN=C(N)N)C(=O)N[C@@H](CCCN=C(N)N)C(=O)N[C@@H](Cc1ccc(O)cc1)C(=O)O. The molecule has 0 saturated heterocycles. The zero-order valence-corrected chi connectivity index (χ0v) is 71.8. The zero-order valence-electron chi connectivity index (χ0n) is 71.8. The maximum atomic E-state index is 15.0. The van der Waals surface area contributed by atoms with Crippen LogP contribution in [0.25, 0.3) is 0 Å². The van der Waals surface area contributed by atoms with Crippen molar-refractivity contribution in [2.75, 3.05) is 65.4 Å². The highest BCUT2D eigenvalue weighted by molar-refractivity contribution is 6.00. The molecule has 0 radical (unpaired) electrons. The Morgan fingerprint density at radius 2 is 0.464 bits per heavy atom. The van der Waals surface area contributed by atoms with Crippen LogP contribution < -0.4 is 161 Å². The molecule has 0 unspecified atom stereocenters. The van der Waals surface area contributed by atoms with Gasteiger partial charge in [-0.25, -0.2) is 4.79 Å². The van der Waals surface area contributed by atoms with Crippen LogP contribution in [0.5, 0.6) is 5.75 Å². The van der Waals surface area contributed by atoms with Gasteiger partial charge in [-0.1, -0.05) is 12.1 Å². The molecule has 0 aliphatic rings. The summed E-state index contributed by atoms with van der Waals surface area (Å²) in [5.41, 5.74) is 96.8. The number of carboxylic acid groups (broad SMARTS) is 1. The van der Waals surface area contributed by atoms with E-state index in [1.807, 2.05) is 0 Å². The minimum atomic E-state index is -1.54. The summed E-state index contributed by atoms with van der Waals surface area (Å²) >= 11 is 0. The summed E-state index contributed by atoms with van der Waals surface area (Å²) in [7, 11) is 0. The Morgan fingerprint density at radius 3 is 0.680 bits per heavy atom. The number of unbranched alkanes of at least 4 members (excludes halogenated alkanes) is 4. The number of phenolic OH excluding ortho intramolecular Hbond substituents is 1. The van der Waals surface area contributed by atoms with Crippen LogP contribution >= 0.6 is 0 Å². The van der Waals surface area contributed by atoms with Gasteiger partial charge in [-0.05, 0) is 212 Å². The van der Waals surface area contributed by atoms with Crippen molar-refractivity contribution >= 4 is 113 Å². The largest absolute Gasteiger partial charge is 0.508 e. The molecule has 12 amide bonds. The van der Waals surface area contributed by atoms with Crippen molar-refractivity contribution in [1.29, 1.82) is 0 Å². The maximum absolute atomic E-state index is 15.0. The number of phenols is 1. The van der Waals surface area contributed by atoms with Crippen molar-refractivity contribution in [3.8, 4) is 5.75 Å². The number of benzene rings is 1. The molecule has 0 bridgehead atoms. The lowest BCUT2D eigenvalue weighted by Crippen LogP contribution is -2.60. The minimum absolute atomic E-state index is 0.00267. The van der Waals surface area contributed by atoms with Crippen molar-refractivity contribution in [3.63, 3.8) is 0 Å². The summed E-state index contributed by atoms with van der Waals surface area (Å²) in [5.74, 6) is -13.7. The Morgan fingerprint density at radius 1 is 0.272 bits per heavy atom. The van der Waals surface area contributed by atoms with E-state index in [9.17, 15) is 72.5 Å². The molecule has 50 heteroatoms. The number of aromatic hydroxyl groups is 1. The van der Waals surface area contributed by atoms with Crippen LogP contribution in [0.15, 0.2) is 54.2 Å². The monoisotopic (exact) mass is 1770 g/mol. The lowest BCUT2D eigenvalue weighted by atomic mass is 10.0. The lowest BCUT2D eigenvalue weighted by molar-refractivity contribution is -0.142. The van der Waals surface area contributed by atoms with Crippen LogP contribution in [-0.4, -0.2) is 267 Å². The maximum Gasteiger partial charge on any atom is 0.326 e. The van der Waals surface area contributed by atoms with Gasteiger partial charge in [0.1, 0.15) is 78.3 Å². The third-order valence-corrected chi connectivity index (χ3v) is 19.0. The van der Waals surface area contributed by atoms with Crippen molar-refractivity contribution < 1.29 is 72.5 Å². The van der Waals surface area contributed by atoms with Gasteiger partial charge >= 0.3 is 5.97 Å². The number of nitrogens with one attached hydrogen (secondary N) is 12. The van der Waals surface area contributed by atoms with Crippen molar-refractivity contribution in [2.45, 2.75) is 253 Å². The smallest absolute Gasteiger partial charge is 0.326 e. The number of carbonyl (C=O) groups is 13. The molecule has 0 aromatic heterocycles. The molecule has 0 heterocycles. The van der Waals surface area contributed by atoms with Gasteiger partial charge < -0.3 is 171 Å². The van der Waals surface area contributed by atoms with Gasteiger partial charge in [0, 0.05) is 45.7 Å². The summed E-state index contributed by atoms with van der Waals surface area (Å²) in [6.07, 6.45) is 1.84. The quantitative estimate of drug-likeness (QED) is 0.0164. The number of amides is 12. The zero-order chi connectivity index (χ0) is 93.9. The predicted octanol–water partition coefficient (Wildman–Crippen LogP) is -11.0. The average Bonchev–Trinajstić information content (AvgIpc) is 0.856. The van der Waals surface area contributed by atoms with Crippen LogP contribution in [0, 0.1) is 0 Å². The van der Waals surface area contributed by atoms with Gasteiger partial charge in [0.05, 0.1) is 6.04 Å². The van der Waals surface area contributed by atoms with Crippen LogP contribution in [-0.2, 0) is 68.7 Å². The van der Waals surface area contributed by atoms with Gasteiger partial charge in [0.25, 0.3) is 0 Å². The fourth-order valence-corrected chi connectivity index (χ4v) is 12.2. The second-order valence-electron chi connectivity index (χ2n) is 29.7. The first kappa shape index (κ1) is 111. The number of nitrogens with two attached hydrogens (primary N) is 17. The van der Waals surface area contributed by atoms with Gasteiger partial charge in [0.2, 0.25) is 70.9 Å². The first-order chi connectivity index (χ1) is 59.3. The van der Waals surface area contributed by atoms with Crippen molar-refractivity contribution in [2.24, 2.45) is 127 Å². The van der Waals surface area contributed by atoms with Gasteiger partial charge in [-0.3, -0.25) is 87.5 Å². The first-order valence-electron chi connectivity index (χ1n) is 41.8. The van der Waals surface area contributed by atoms with Gasteiger partial charge in [0.15, 0.2) is 35.8 Å². The number of aliphatic imine (C=N–C) groups is 6. The van der Waals surface area contributed by atoms with Gasteiger partial charge in [-0.15, -0.1) is 0 Å². The molecule has 1 rings (SSSR count). The normalized spacial score (nSPS) is 14.0. The number of rotatable bonds is 67. The van der Waals surface area contributed by atoms with E-state index in [-0.39, 0.29) is 229 Å². The second-order valence-corrected chi connectivity index (χ2v) is 29.7. The van der Waals surface area contributed by atoms with Crippen LogP contribution in [0.2, 0.25) is 0 Å². The summed E-state index contributed by atoms with van der Waals surface area (Å²) in [6.45, 7) is 3.32. The molecule has 48 N–H and O–H groups in total. The molecular formula is C75H141N35O15. The summed E-state index contributed by atoms with van der Waals surface area (Å²) in [6, 6.07) is -12.8. The topological polar surface area (TPSA) is 923 Å². The number of carboxylic acids is 1. The van der Waals surface area contributed by atoms with E-state index < -0.39 is 155 Å². The number of guanidine groups is 6. The molecule has 0 saturated carbocycles. The molecule has 1 aromatic carbocycles. The Kier molecular flexibility index (Phi) is 56.1. The Hall–Kier alpha value is -12.5. The van der Waals surface area contributed by atoms with Gasteiger partial charge in [-0.2, -0.15) is 0 Å². The number of carbonyl (C=O) groups excluding carboxylic acids is 12. The molecule has 0 fully saturated rings. The summed E-state index contributed by atoms with van der Waals surface area (Å²) in [5, 5.41) is 51.4. The molecule has 1 aromatic rings. The molecular weight excluding hydrogens is 1630 g/mol. The number of hydrogen-bond acceptors (Lipinski definition) is 25. The van der Waals surface area contributed by atoms with E-state index in [2.05, 4.69) is 93.8 Å². The van der Waals surface area contributed by atoms with Crippen molar-refractivity contribution in [3.05, 3.63) is 29.8 Å². The van der Waals surface area contributed by atoms with E-state index in [1.54, 1.807) is 0 Å². The third kappa shape index (κ3) is 50.0. The molecule has 0 spiro atoms. The Labute approximate surface area is 727 Å². The fourth-order valence-electron chi connectivity index (χ4n) is 12.2. The molecule has 13 atom stereocenters. The van der Waals surface area contributed by atoms with E-state index in [4.69, 9.17) is 97.5 Å². The average molecular weight is 1770 g/mol. The molecule has 0 aliphatic carbocycles. The highest BCUT2D eigenvalue weighted by atomic mass is 16.4. The van der Waals surface area contributed by atoms with Crippen LogP contribution in [0.4, 0.5) is 0 Å². The standard InChI is InChI=1S/C75H141N35O15/c1-42(99-59(114)46(80)17-11-35-93-70(81)82)57(112)101-47(18-3-7-31-76)61(116)107-53(24-14-38-96-73(87)88)65(120)104-49(20-5-9-33-78)63(118)109-55(26-16-40-98-75(91)92)67(122)105-50(21-6-10-34-79)64(119)108-54(25-15-39-97-74(89)90)66(121)103-48(19-4-8-32-77)62(117)106-51(22-12-36-94-71(83)84)60(115)100-43(2)58(113)102-52(23-13-37-95-72(85)86)68(123)110-56(69(124)125)41-44-27-29-45(111)30-28-44/h27-30,42-43,46-56,111H,3-26,31-41,76-80H2,1-2H3,(H,99,114)(H,100,115)(H,101,112)(H,102,113)(H,103,121)(H,104,120)(H,105,122)(H,106,117)(H,107,116)(H,108,119)(H,109,118)(H,110,123)(H,124,125)(H4,81,82,93)(H4,83,84,94)(H4,85,86,95)(H4,87,88,96)(H4,89,90,97)(H4,91,92,98)/t42-,43-,46-,47-,48-,49-,50-,51-,52-,53-,54-,55-,56-/m0/s1. The van der Waals surface area contributed by atoms with E-state index >= 15 is 0 Å². The Balaban J connectivity index is 3.93. The molecule has 50 nitrogen and oxygen atoms in total. The second kappa shape index (κ2) is 63.5. The summed E-state index contributed by atoms with van der Waals surface area (Å²) < 4.78 is 0. The van der Waals surface area contributed by atoms with Crippen LogP contribution in [0.1, 0.15) is 174 Å². The number of aliphatic carboxylic acids is 1. The Bertz CT molecular complexity index is 3700. The summed E-state index contributed by atoms with van der Waals surface area (Å²) in [4.78, 5) is 209. The number of nitrogens with zero attached hydrogens (tertiary/aromatic N) is 6. The van der Waals surface area contributed by atoms with Crippen molar-refractivity contribution in [1.82, 2.24) is 63.8 Å². The molecule has 125 heavy (non-hydrogen) atoms. The first-order valence-corrected chi connectivity index (χ1v) is 41.8. The third-order valence-electron chi connectivity index (χ3n) is 19.0. The van der Waals surface area contributed by atoms with E-state index in [1.165, 1.54) is 38.1 Å². The predicted molar refractivity (Wildman–Crippen MR) is 473 cm³/mol. The lowest BCUT2D eigenvalue weighted by Gasteiger charge is -2.28. The van der Waals surface area contributed by atoms with E-state index in [0.29, 0.717) is 44.1 Å². The molecule has 0 aliphatic heterocycles. The van der Waals surface area contributed by atoms with E-state index in [0.717, 1.165) is 0 Å². The highest BCUT2D eigenvalue weighted by Crippen LogP contribution is 2.16. The molecule has 706 valence electrons. The number of hydrogen-bond donors (Lipinski definition) is 31. The highest BCUT2D eigenvalue weighted by Gasteiger charge is 2.37. The van der Waals surface area contributed by atoms with Crippen LogP contribution in [0.3, 0.4) is 0 Å². The minimum Gasteiger partial charge on any atom is -0.508 e.